The number of rotatable bonds is 13. The van der Waals surface area contributed by atoms with Crippen LogP contribution < -0.4 is 10.2 Å². The molecule has 0 saturated carbocycles. The lowest BCUT2D eigenvalue weighted by Crippen LogP contribution is -2.28. The van der Waals surface area contributed by atoms with Gasteiger partial charge >= 0.3 is 0 Å². The van der Waals surface area contributed by atoms with Crippen LogP contribution in [0.15, 0.2) is 67.0 Å². The smallest absolute Gasteiger partial charge is 0.232 e. The average molecular weight is 482 g/mol. The van der Waals surface area contributed by atoms with E-state index in [1.807, 2.05) is 60.7 Å². The summed E-state index contributed by atoms with van der Waals surface area (Å²) in [7, 11) is 0. The molecule has 9 nitrogen and oxygen atoms in total. The molecule has 0 spiro atoms. The SMILES string of the molecule is O=CNc1nc(Cl)c2ncn(OC(CCCOCc3ccccc3)OCc3ccccc3)c2n1. The third-order valence-electron chi connectivity index (χ3n) is 4.86. The van der Waals surface area contributed by atoms with Crippen molar-refractivity contribution < 1.29 is 19.1 Å². The zero-order chi connectivity index (χ0) is 23.6. The van der Waals surface area contributed by atoms with E-state index in [1.165, 1.54) is 11.1 Å². The molecular formula is C24H24ClN5O4. The standard InChI is InChI=1S/C24H24ClN5O4/c25-22-21-23(29-24(28-22)27-17-31)30(16-26-21)34-20(33-15-19-10-5-2-6-11-19)12-7-13-32-14-18-8-3-1-4-9-18/h1-6,8-11,16-17,20H,7,12-15H2,(H,27,28,29,31). The molecule has 0 aliphatic heterocycles. The second-order valence-corrected chi connectivity index (χ2v) is 7.71. The van der Waals surface area contributed by atoms with E-state index >= 15 is 0 Å². The average Bonchev–Trinajstić information content (AvgIpc) is 3.26. The maximum absolute atomic E-state index is 10.8. The Balaban J connectivity index is 1.41. The van der Waals surface area contributed by atoms with Crippen molar-refractivity contribution in [2.24, 2.45) is 0 Å². The molecular weight excluding hydrogens is 458 g/mol. The van der Waals surface area contributed by atoms with Gasteiger partial charge in [-0.25, -0.2) is 4.98 Å². The van der Waals surface area contributed by atoms with Crippen molar-refractivity contribution in [2.45, 2.75) is 32.3 Å². The Kier molecular flexibility index (Phi) is 8.39. The summed E-state index contributed by atoms with van der Waals surface area (Å²) in [5.74, 6) is 0.0499. The number of ether oxygens (including phenoxy) is 2. The first-order valence-electron chi connectivity index (χ1n) is 10.8. The van der Waals surface area contributed by atoms with Gasteiger partial charge in [-0.05, 0) is 17.5 Å². The highest BCUT2D eigenvalue weighted by Crippen LogP contribution is 2.20. The predicted octanol–water partition coefficient (Wildman–Crippen LogP) is 4.02. The van der Waals surface area contributed by atoms with Crippen LogP contribution in [-0.2, 0) is 27.5 Å². The number of aromatic nitrogens is 4. The number of carbonyl (C=O) groups is 1. The quantitative estimate of drug-likeness (QED) is 0.133. The maximum Gasteiger partial charge on any atom is 0.232 e. The number of fused-ring (bicyclic) bond motifs is 1. The van der Waals surface area contributed by atoms with Crippen LogP contribution in [0.3, 0.4) is 0 Å². The fourth-order valence-electron chi connectivity index (χ4n) is 3.21. The van der Waals surface area contributed by atoms with Gasteiger partial charge < -0.3 is 14.3 Å². The Bertz CT molecular complexity index is 1190. The Morgan fingerprint density at radius 1 is 1.00 bits per heavy atom. The van der Waals surface area contributed by atoms with Gasteiger partial charge in [0.25, 0.3) is 0 Å². The molecule has 0 radical (unpaired) electrons. The number of amides is 1. The van der Waals surface area contributed by atoms with Crippen molar-refractivity contribution >= 4 is 35.1 Å². The minimum absolute atomic E-state index is 0.0499. The van der Waals surface area contributed by atoms with Crippen LogP contribution in [0.5, 0.6) is 0 Å². The summed E-state index contributed by atoms with van der Waals surface area (Å²) in [5, 5.41) is 2.49. The molecule has 34 heavy (non-hydrogen) atoms. The molecule has 2 aromatic heterocycles. The van der Waals surface area contributed by atoms with E-state index in [1.54, 1.807) is 0 Å². The number of benzene rings is 2. The summed E-state index contributed by atoms with van der Waals surface area (Å²) in [6.45, 7) is 1.47. The van der Waals surface area contributed by atoms with Crippen molar-refractivity contribution in [1.29, 1.82) is 0 Å². The van der Waals surface area contributed by atoms with Gasteiger partial charge in [0, 0.05) is 13.0 Å². The largest absolute Gasteiger partial charge is 0.379 e. The fraction of sp³-hybridized carbons (Fsp3) is 0.250. The van der Waals surface area contributed by atoms with Crippen LogP contribution >= 0.6 is 11.6 Å². The number of halogens is 1. The Hall–Kier alpha value is -3.53. The second-order valence-electron chi connectivity index (χ2n) is 7.35. The number of anilines is 1. The van der Waals surface area contributed by atoms with Gasteiger partial charge in [0.1, 0.15) is 11.8 Å². The highest BCUT2D eigenvalue weighted by atomic mass is 35.5. The lowest BCUT2D eigenvalue weighted by molar-refractivity contribution is -0.155. The van der Waals surface area contributed by atoms with Gasteiger partial charge in [0.05, 0.1) is 13.2 Å². The summed E-state index contributed by atoms with van der Waals surface area (Å²) in [5.41, 5.74) is 2.82. The van der Waals surface area contributed by atoms with E-state index in [0.29, 0.717) is 50.2 Å². The molecule has 0 fully saturated rings. The molecule has 1 N–H and O–H groups in total. The van der Waals surface area contributed by atoms with Crippen LogP contribution in [0.4, 0.5) is 5.95 Å². The number of carbonyl (C=O) groups excluding carboxylic acids is 1. The van der Waals surface area contributed by atoms with E-state index in [0.717, 1.165) is 11.1 Å². The molecule has 2 heterocycles. The number of imidazole rings is 1. The van der Waals surface area contributed by atoms with Crippen molar-refractivity contribution in [1.82, 2.24) is 19.7 Å². The number of nitrogens with one attached hydrogen (secondary N) is 1. The first-order valence-corrected chi connectivity index (χ1v) is 11.2. The normalized spacial score (nSPS) is 11.9. The fourth-order valence-corrected chi connectivity index (χ4v) is 3.43. The molecule has 4 aromatic rings. The Labute approximate surface area is 201 Å². The van der Waals surface area contributed by atoms with Gasteiger partial charge in [-0.2, -0.15) is 9.97 Å². The third kappa shape index (κ3) is 6.50. The molecule has 2 aromatic carbocycles. The molecule has 0 bridgehead atoms. The molecule has 1 atom stereocenters. The predicted molar refractivity (Wildman–Crippen MR) is 127 cm³/mol. The van der Waals surface area contributed by atoms with E-state index in [2.05, 4.69) is 20.3 Å². The van der Waals surface area contributed by atoms with Crippen molar-refractivity contribution in [3.05, 3.63) is 83.3 Å². The first-order chi connectivity index (χ1) is 16.7. The summed E-state index contributed by atoms with van der Waals surface area (Å²) in [4.78, 5) is 29.3. The topological polar surface area (TPSA) is 100 Å². The molecule has 0 saturated heterocycles. The van der Waals surface area contributed by atoms with Gasteiger partial charge in [0.15, 0.2) is 5.15 Å². The van der Waals surface area contributed by atoms with Crippen LogP contribution in [0.1, 0.15) is 24.0 Å². The second kappa shape index (κ2) is 12.1. The highest BCUT2D eigenvalue weighted by molar-refractivity contribution is 6.33. The monoisotopic (exact) mass is 481 g/mol. The Morgan fingerprint density at radius 3 is 2.41 bits per heavy atom. The summed E-state index contributed by atoms with van der Waals surface area (Å²) in [6.07, 6.45) is 2.60. The maximum atomic E-state index is 10.8. The third-order valence-corrected chi connectivity index (χ3v) is 5.12. The molecule has 4 rings (SSSR count). The van der Waals surface area contributed by atoms with Crippen molar-refractivity contribution in [2.75, 3.05) is 11.9 Å². The van der Waals surface area contributed by atoms with E-state index in [4.69, 9.17) is 25.9 Å². The summed E-state index contributed by atoms with van der Waals surface area (Å²) >= 11 is 6.17. The lowest BCUT2D eigenvalue weighted by atomic mass is 10.2. The van der Waals surface area contributed by atoms with Crippen LogP contribution in [0.25, 0.3) is 11.2 Å². The molecule has 0 aliphatic rings. The first kappa shape index (κ1) is 23.6. The molecule has 10 heteroatoms. The van der Waals surface area contributed by atoms with Gasteiger partial charge in [-0.1, -0.05) is 72.3 Å². The van der Waals surface area contributed by atoms with Gasteiger partial charge in [-0.15, -0.1) is 4.73 Å². The van der Waals surface area contributed by atoms with Crippen LogP contribution in [0, 0.1) is 0 Å². The highest BCUT2D eigenvalue weighted by Gasteiger charge is 2.17. The summed E-state index contributed by atoms with van der Waals surface area (Å²) in [6, 6.07) is 19.8. The molecule has 1 amide bonds. The van der Waals surface area contributed by atoms with E-state index < -0.39 is 6.29 Å². The molecule has 0 aliphatic carbocycles. The molecule has 1 unspecified atom stereocenters. The minimum Gasteiger partial charge on any atom is -0.379 e. The minimum atomic E-state index is -0.603. The van der Waals surface area contributed by atoms with Crippen LogP contribution in [0.2, 0.25) is 5.15 Å². The van der Waals surface area contributed by atoms with Gasteiger partial charge in [0.2, 0.25) is 24.3 Å². The number of hydrogen-bond acceptors (Lipinski definition) is 7. The van der Waals surface area contributed by atoms with E-state index in [-0.39, 0.29) is 11.1 Å². The van der Waals surface area contributed by atoms with Gasteiger partial charge in [-0.3, -0.25) is 10.1 Å². The number of hydrogen-bond donors (Lipinski definition) is 1. The zero-order valence-corrected chi connectivity index (χ0v) is 19.1. The van der Waals surface area contributed by atoms with Crippen molar-refractivity contribution in [3.63, 3.8) is 0 Å². The summed E-state index contributed by atoms with van der Waals surface area (Å²) < 4.78 is 13.2. The lowest BCUT2D eigenvalue weighted by Gasteiger charge is -2.19. The van der Waals surface area contributed by atoms with Crippen LogP contribution in [-0.4, -0.2) is 39.0 Å². The zero-order valence-electron chi connectivity index (χ0n) is 18.3. The number of nitrogens with zero attached hydrogens (tertiary/aromatic N) is 4. The van der Waals surface area contributed by atoms with Crippen molar-refractivity contribution in [3.8, 4) is 0 Å². The van der Waals surface area contributed by atoms with E-state index in [9.17, 15) is 4.79 Å². The molecule has 176 valence electrons. The Morgan fingerprint density at radius 2 is 1.71 bits per heavy atom.